The molecule has 0 aliphatic rings. The summed E-state index contributed by atoms with van der Waals surface area (Å²) in [6, 6.07) is 9.59. The lowest BCUT2D eigenvalue weighted by Crippen LogP contribution is -2.30. The first-order valence-electron chi connectivity index (χ1n) is 6.26. The van der Waals surface area contributed by atoms with Crippen LogP contribution in [-0.4, -0.2) is 6.04 Å². The first kappa shape index (κ1) is 13.2. The van der Waals surface area contributed by atoms with E-state index in [-0.39, 0.29) is 0 Å². The summed E-state index contributed by atoms with van der Waals surface area (Å²) in [7, 11) is 0. The zero-order valence-electron chi connectivity index (χ0n) is 10.7. The van der Waals surface area contributed by atoms with E-state index < -0.39 is 0 Å². The van der Waals surface area contributed by atoms with Crippen LogP contribution in [0.2, 0.25) is 0 Å². The third-order valence-corrected chi connectivity index (χ3v) is 3.19. The van der Waals surface area contributed by atoms with E-state index in [0.29, 0.717) is 18.6 Å². The molecule has 0 bridgehead atoms. The third-order valence-electron chi connectivity index (χ3n) is 3.19. The van der Waals surface area contributed by atoms with Crippen LogP contribution in [0.15, 0.2) is 24.3 Å². The lowest BCUT2D eigenvalue weighted by atomic mass is 10.0. The van der Waals surface area contributed by atoms with Gasteiger partial charge in [-0.1, -0.05) is 38.1 Å². The van der Waals surface area contributed by atoms with Crippen LogP contribution in [0.3, 0.4) is 0 Å². The fourth-order valence-electron chi connectivity index (χ4n) is 1.92. The van der Waals surface area contributed by atoms with Gasteiger partial charge in [-0.05, 0) is 30.9 Å². The van der Waals surface area contributed by atoms with E-state index in [1.165, 1.54) is 24.0 Å². The van der Waals surface area contributed by atoms with Gasteiger partial charge >= 0.3 is 0 Å². The Morgan fingerprint density at radius 3 is 2.12 bits per heavy atom. The van der Waals surface area contributed by atoms with Gasteiger partial charge < -0.3 is 11.1 Å². The minimum Gasteiger partial charge on any atom is -0.326 e. The Labute approximate surface area is 99.2 Å². The first-order valence-corrected chi connectivity index (χ1v) is 6.26. The summed E-state index contributed by atoms with van der Waals surface area (Å²) in [6.07, 6.45) is 2.36. The van der Waals surface area contributed by atoms with E-state index in [2.05, 4.69) is 50.4 Å². The SMILES string of the molecule is CCC(CC)NC(C)c1ccc(CN)cc1. The van der Waals surface area contributed by atoms with Gasteiger partial charge in [0, 0.05) is 18.6 Å². The summed E-state index contributed by atoms with van der Waals surface area (Å²) >= 11 is 0. The maximum atomic E-state index is 5.58. The standard InChI is InChI=1S/C14H24N2/c1-4-14(5-2)16-11(3)13-8-6-12(10-15)7-9-13/h6-9,11,14,16H,4-5,10,15H2,1-3H3. The van der Waals surface area contributed by atoms with Gasteiger partial charge in [0.05, 0.1) is 0 Å². The molecule has 0 heterocycles. The molecule has 1 unspecified atom stereocenters. The van der Waals surface area contributed by atoms with Gasteiger partial charge in [-0.3, -0.25) is 0 Å². The number of benzene rings is 1. The minimum absolute atomic E-state index is 0.414. The Hall–Kier alpha value is -0.860. The first-order chi connectivity index (χ1) is 7.71. The summed E-state index contributed by atoms with van der Waals surface area (Å²) in [5.74, 6) is 0. The van der Waals surface area contributed by atoms with Gasteiger partial charge in [0.2, 0.25) is 0 Å². The van der Waals surface area contributed by atoms with Crippen molar-refractivity contribution >= 4 is 0 Å². The Bertz CT molecular complexity index is 288. The summed E-state index contributed by atoms with van der Waals surface area (Å²) in [6.45, 7) is 7.29. The summed E-state index contributed by atoms with van der Waals surface area (Å²) < 4.78 is 0. The van der Waals surface area contributed by atoms with Crippen LogP contribution >= 0.6 is 0 Å². The number of nitrogens with two attached hydrogens (primary N) is 1. The molecule has 0 saturated heterocycles. The van der Waals surface area contributed by atoms with Gasteiger partial charge in [0.25, 0.3) is 0 Å². The number of hydrogen-bond donors (Lipinski definition) is 2. The van der Waals surface area contributed by atoms with Crippen LogP contribution in [0.1, 0.15) is 50.8 Å². The number of nitrogens with one attached hydrogen (secondary N) is 1. The summed E-state index contributed by atoms with van der Waals surface area (Å²) in [5.41, 5.74) is 8.11. The monoisotopic (exact) mass is 220 g/mol. The Morgan fingerprint density at radius 1 is 1.12 bits per heavy atom. The molecule has 0 saturated carbocycles. The lowest BCUT2D eigenvalue weighted by Gasteiger charge is -2.21. The largest absolute Gasteiger partial charge is 0.326 e. The third kappa shape index (κ3) is 3.62. The van der Waals surface area contributed by atoms with Crippen molar-refractivity contribution in [2.75, 3.05) is 0 Å². The van der Waals surface area contributed by atoms with Crippen molar-refractivity contribution in [1.82, 2.24) is 5.32 Å². The minimum atomic E-state index is 0.414. The highest BCUT2D eigenvalue weighted by molar-refractivity contribution is 5.24. The predicted molar refractivity (Wildman–Crippen MR) is 70.3 cm³/mol. The van der Waals surface area contributed by atoms with E-state index >= 15 is 0 Å². The molecule has 16 heavy (non-hydrogen) atoms. The molecule has 0 radical (unpaired) electrons. The van der Waals surface area contributed by atoms with Crippen molar-refractivity contribution in [1.29, 1.82) is 0 Å². The summed E-state index contributed by atoms with van der Waals surface area (Å²) in [5, 5.41) is 3.64. The van der Waals surface area contributed by atoms with Crippen molar-refractivity contribution in [2.24, 2.45) is 5.73 Å². The van der Waals surface area contributed by atoms with Gasteiger partial charge in [-0.15, -0.1) is 0 Å². The van der Waals surface area contributed by atoms with E-state index in [4.69, 9.17) is 5.73 Å². The smallest absolute Gasteiger partial charge is 0.0294 e. The van der Waals surface area contributed by atoms with E-state index in [1.54, 1.807) is 0 Å². The highest BCUT2D eigenvalue weighted by Crippen LogP contribution is 2.15. The van der Waals surface area contributed by atoms with Gasteiger partial charge in [-0.2, -0.15) is 0 Å². The van der Waals surface area contributed by atoms with Gasteiger partial charge in [0.1, 0.15) is 0 Å². The van der Waals surface area contributed by atoms with Crippen LogP contribution in [0.5, 0.6) is 0 Å². The maximum absolute atomic E-state index is 5.58. The molecule has 0 spiro atoms. The Balaban J connectivity index is 2.61. The van der Waals surface area contributed by atoms with Crippen molar-refractivity contribution in [2.45, 2.75) is 52.2 Å². The molecular formula is C14H24N2. The second kappa shape index (κ2) is 6.66. The number of hydrogen-bond acceptors (Lipinski definition) is 2. The second-order valence-corrected chi connectivity index (χ2v) is 4.35. The summed E-state index contributed by atoms with van der Waals surface area (Å²) in [4.78, 5) is 0. The fraction of sp³-hybridized carbons (Fsp3) is 0.571. The van der Waals surface area contributed by atoms with Crippen LogP contribution in [0, 0.1) is 0 Å². The maximum Gasteiger partial charge on any atom is 0.0294 e. The molecule has 2 nitrogen and oxygen atoms in total. The molecule has 0 aromatic heterocycles. The molecule has 2 heteroatoms. The van der Waals surface area contributed by atoms with Gasteiger partial charge in [-0.25, -0.2) is 0 Å². The average molecular weight is 220 g/mol. The molecular weight excluding hydrogens is 196 g/mol. The number of rotatable bonds is 6. The van der Waals surface area contributed by atoms with Crippen LogP contribution in [0.4, 0.5) is 0 Å². The van der Waals surface area contributed by atoms with Gasteiger partial charge in [0.15, 0.2) is 0 Å². The quantitative estimate of drug-likeness (QED) is 0.773. The topological polar surface area (TPSA) is 38.0 Å². The normalized spacial score (nSPS) is 13.1. The molecule has 1 atom stereocenters. The second-order valence-electron chi connectivity index (χ2n) is 4.35. The zero-order valence-corrected chi connectivity index (χ0v) is 10.7. The highest BCUT2D eigenvalue weighted by atomic mass is 14.9. The van der Waals surface area contributed by atoms with Crippen LogP contribution < -0.4 is 11.1 Å². The lowest BCUT2D eigenvalue weighted by molar-refractivity contribution is 0.432. The van der Waals surface area contributed by atoms with E-state index in [9.17, 15) is 0 Å². The van der Waals surface area contributed by atoms with Crippen molar-refractivity contribution in [3.05, 3.63) is 35.4 Å². The molecule has 0 aliphatic carbocycles. The highest BCUT2D eigenvalue weighted by Gasteiger charge is 2.09. The molecule has 1 aromatic rings. The van der Waals surface area contributed by atoms with Crippen molar-refractivity contribution in [3.63, 3.8) is 0 Å². The molecule has 0 amide bonds. The predicted octanol–water partition coefficient (Wildman–Crippen LogP) is 2.98. The molecule has 1 aromatic carbocycles. The van der Waals surface area contributed by atoms with E-state index in [0.717, 1.165) is 0 Å². The van der Waals surface area contributed by atoms with Crippen molar-refractivity contribution < 1.29 is 0 Å². The van der Waals surface area contributed by atoms with E-state index in [1.807, 2.05) is 0 Å². The zero-order chi connectivity index (χ0) is 12.0. The molecule has 0 fully saturated rings. The average Bonchev–Trinajstić information content (AvgIpc) is 2.35. The molecule has 0 aliphatic heterocycles. The van der Waals surface area contributed by atoms with Crippen molar-refractivity contribution in [3.8, 4) is 0 Å². The molecule has 1 rings (SSSR count). The Kier molecular flexibility index (Phi) is 5.50. The molecule has 90 valence electrons. The molecule has 3 N–H and O–H groups in total. The van der Waals surface area contributed by atoms with Crippen LogP contribution in [0.25, 0.3) is 0 Å². The fourth-order valence-corrected chi connectivity index (χ4v) is 1.92. The van der Waals surface area contributed by atoms with Crippen LogP contribution in [-0.2, 0) is 6.54 Å². The Morgan fingerprint density at radius 2 is 1.69 bits per heavy atom.